The molecule has 0 radical (unpaired) electrons. The van der Waals surface area contributed by atoms with Gasteiger partial charge in [0.25, 0.3) is 0 Å². The second-order valence-electron chi connectivity index (χ2n) is 3.05. The zero-order valence-corrected chi connectivity index (χ0v) is 6.81. The summed E-state index contributed by atoms with van der Waals surface area (Å²) in [5.41, 5.74) is 5.29. The maximum Gasteiger partial charge on any atom is 0.138 e. The lowest BCUT2D eigenvalue weighted by Crippen LogP contribution is -2.35. The third-order valence-corrected chi connectivity index (χ3v) is 2.14. The average Bonchev–Trinajstić information content (AvgIpc) is 2.07. The zero-order chi connectivity index (χ0) is 8.10. The molecule has 0 bridgehead atoms. The van der Waals surface area contributed by atoms with Crippen molar-refractivity contribution in [1.82, 2.24) is 5.32 Å². The highest BCUT2D eigenvalue weighted by atomic mass is 16.1. The molecule has 3 heteroatoms. The fourth-order valence-corrected chi connectivity index (χ4v) is 1.47. The Balaban J connectivity index is 2.27. The van der Waals surface area contributed by atoms with E-state index >= 15 is 0 Å². The molecule has 0 aliphatic carbocycles. The summed E-state index contributed by atoms with van der Waals surface area (Å²) in [6.45, 7) is 2.42. The second kappa shape index (κ2) is 4.46. The molecule has 1 aliphatic rings. The largest absolute Gasteiger partial charge is 0.330 e. The van der Waals surface area contributed by atoms with Crippen LogP contribution < -0.4 is 11.1 Å². The molecule has 0 aromatic rings. The molecule has 0 aromatic heterocycles. The van der Waals surface area contributed by atoms with Gasteiger partial charge in [-0.05, 0) is 25.9 Å². The van der Waals surface area contributed by atoms with Gasteiger partial charge < -0.3 is 11.1 Å². The lowest BCUT2D eigenvalue weighted by molar-refractivity contribution is -0.123. The van der Waals surface area contributed by atoms with Crippen LogP contribution in [0.5, 0.6) is 0 Å². The van der Waals surface area contributed by atoms with E-state index in [-0.39, 0.29) is 5.92 Å². The van der Waals surface area contributed by atoms with Gasteiger partial charge in [-0.3, -0.25) is 4.79 Å². The Morgan fingerprint density at radius 3 is 3.00 bits per heavy atom. The first-order valence-electron chi connectivity index (χ1n) is 4.28. The van der Waals surface area contributed by atoms with Crippen molar-refractivity contribution in [3.63, 3.8) is 0 Å². The highest BCUT2D eigenvalue weighted by Gasteiger charge is 2.19. The monoisotopic (exact) mass is 156 g/mol. The number of ketones is 1. The number of carbonyl (C=O) groups excluding carboxylic acids is 1. The Morgan fingerprint density at radius 2 is 2.45 bits per heavy atom. The van der Waals surface area contributed by atoms with Gasteiger partial charge in [-0.15, -0.1) is 0 Å². The van der Waals surface area contributed by atoms with Crippen molar-refractivity contribution in [2.24, 2.45) is 11.7 Å². The fourth-order valence-electron chi connectivity index (χ4n) is 1.47. The number of Topliss-reactive ketones (excluding diaryl/α,β-unsaturated/α-hetero) is 1. The number of rotatable bonds is 3. The molecule has 1 atom stereocenters. The van der Waals surface area contributed by atoms with Crippen molar-refractivity contribution >= 4 is 5.78 Å². The van der Waals surface area contributed by atoms with Crippen LogP contribution in [0, 0.1) is 5.92 Å². The topological polar surface area (TPSA) is 55.1 Å². The molecule has 0 spiro atoms. The molecule has 0 saturated carbocycles. The Hall–Kier alpha value is -0.410. The van der Waals surface area contributed by atoms with Crippen LogP contribution in [-0.4, -0.2) is 25.4 Å². The minimum Gasteiger partial charge on any atom is -0.330 e. The first-order chi connectivity index (χ1) is 5.34. The van der Waals surface area contributed by atoms with E-state index in [9.17, 15) is 4.79 Å². The number of hydrogen-bond donors (Lipinski definition) is 2. The van der Waals surface area contributed by atoms with Crippen LogP contribution in [0.4, 0.5) is 0 Å². The lowest BCUT2D eigenvalue weighted by Gasteiger charge is -2.20. The van der Waals surface area contributed by atoms with Gasteiger partial charge in [0.05, 0.1) is 0 Å². The van der Waals surface area contributed by atoms with E-state index in [1.165, 1.54) is 0 Å². The SMILES string of the molecule is NCCC(=O)C1CCCNC1. The van der Waals surface area contributed by atoms with Crippen molar-refractivity contribution in [1.29, 1.82) is 0 Å². The first-order valence-corrected chi connectivity index (χ1v) is 4.28. The average molecular weight is 156 g/mol. The molecule has 0 amide bonds. The van der Waals surface area contributed by atoms with Crippen LogP contribution in [0.1, 0.15) is 19.3 Å². The summed E-state index contributed by atoms with van der Waals surface area (Å²) in [7, 11) is 0. The van der Waals surface area contributed by atoms with E-state index in [2.05, 4.69) is 5.32 Å². The molecule has 64 valence electrons. The standard InChI is InChI=1S/C8H16N2O/c9-4-3-8(11)7-2-1-5-10-6-7/h7,10H,1-6,9H2. The van der Waals surface area contributed by atoms with E-state index in [4.69, 9.17) is 5.73 Å². The summed E-state index contributed by atoms with van der Waals surface area (Å²) in [6.07, 6.45) is 2.72. The van der Waals surface area contributed by atoms with Gasteiger partial charge >= 0.3 is 0 Å². The Bertz CT molecular complexity index is 130. The smallest absolute Gasteiger partial charge is 0.138 e. The number of nitrogens with two attached hydrogens (primary N) is 1. The molecule has 3 N–H and O–H groups in total. The van der Waals surface area contributed by atoms with Crippen LogP contribution in [-0.2, 0) is 4.79 Å². The van der Waals surface area contributed by atoms with Gasteiger partial charge in [-0.25, -0.2) is 0 Å². The van der Waals surface area contributed by atoms with Gasteiger partial charge in [-0.1, -0.05) is 0 Å². The van der Waals surface area contributed by atoms with Crippen molar-refractivity contribution in [3.8, 4) is 0 Å². The number of carbonyl (C=O) groups is 1. The zero-order valence-electron chi connectivity index (χ0n) is 6.81. The van der Waals surface area contributed by atoms with Gasteiger partial charge in [-0.2, -0.15) is 0 Å². The van der Waals surface area contributed by atoms with E-state index in [1.807, 2.05) is 0 Å². The molecule has 0 aromatic carbocycles. The summed E-state index contributed by atoms with van der Waals surface area (Å²) >= 11 is 0. The van der Waals surface area contributed by atoms with E-state index in [1.54, 1.807) is 0 Å². The molecule has 1 saturated heterocycles. The summed E-state index contributed by atoms with van der Waals surface area (Å²) < 4.78 is 0. The summed E-state index contributed by atoms with van der Waals surface area (Å²) in [6, 6.07) is 0. The quantitative estimate of drug-likeness (QED) is 0.600. The van der Waals surface area contributed by atoms with Gasteiger partial charge in [0.1, 0.15) is 5.78 Å². The lowest BCUT2D eigenvalue weighted by atomic mass is 9.93. The van der Waals surface area contributed by atoms with Crippen LogP contribution in [0.15, 0.2) is 0 Å². The predicted octanol–water partition coefficient (Wildman–Crippen LogP) is -0.0961. The highest BCUT2D eigenvalue weighted by molar-refractivity contribution is 5.81. The van der Waals surface area contributed by atoms with Crippen molar-refractivity contribution in [2.45, 2.75) is 19.3 Å². The number of nitrogens with one attached hydrogen (secondary N) is 1. The maximum atomic E-state index is 11.3. The fraction of sp³-hybridized carbons (Fsp3) is 0.875. The van der Waals surface area contributed by atoms with Crippen molar-refractivity contribution in [2.75, 3.05) is 19.6 Å². The molecule has 1 rings (SSSR count). The summed E-state index contributed by atoms with van der Waals surface area (Å²) in [5, 5.41) is 3.21. The number of hydrogen-bond acceptors (Lipinski definition) is 3. The highest BCUT2D eigenvalue weighted by Crippen LogP contribution is 2.11. The summed E-state index contributed by atoms with van der Waals surface area (Å²) in [5.74, 6) is 0.576. The van der Waals surface area contributed by atoms with E-state index in [0.29, 0.717) is 18.7 Å². The van der Waals surface area contributed by atoms with Crippen LogP contribution in [0.2, 0.25) is 0 Å². The molecule has 1 fully saturated rings. The van der Waals surface area contributed by atoms with Crippen LogP contribution in [0.3, 0.4) is 0 Å². The molecule has 1 heterocycles. The first kappa shape index (κ1) is 8.68. The Morgan fingerprint density at radius 1 is 1.64 bits per heavy atom. The van der Waals surface area contributed by atoms with Crippen LogP contribution >= 0.6 is 0 Å². The third kappa shape index (κ3) is 2.60. The molecule has 1 unspecified atom stereocenters. The van der Waals surface area contributed by atoms with E-state index in [0.717, 1.165) is 25.9 Å². The van der Waals surface area contributed by atoms with Crippen LogP contribution in [0.25, 0.3) is 0 Å². The van der Waals surface area contributed by atoms with Crippen molar-refractivity contribution < 1.29 is 4.79 Å². The molecular formula is C8H16N2O. The van der Waals surface area contributed by atoms with Crippen molar-refractivity contribution in [3.05, 3.63) is 0 Å². The normalized spacial score (nSPS) is 25.0. The van der Waals surface area contributed by atoms with Gasteiger partial charge in [0.2, 0.25) is 0 Å². The third-order valence-electron chi connectivity index (χ3n) is 2.14. The van der Waals surface area contributed by atoms with E-state index < -0.39 is 0 Å². The second-order valence-corrected chi connectivity index (χ2v) is 3.05. The minimum absolute atomic E-state index is 0.243. The maximum absolute atomic E-state index is 11.3. The predicted molar refractivity (Wildman–Crippen MR) is 44.3 cm³/mol. The van der Waals surface area contributed by atoms with Gasteiger partial charge in [0.15, 0.2) is 0 Å². The minimum atomic E-state index is 0.243. The molecule has 3 nitrogen and oxygen atoms in total. The Labute approximate surface area is 67.3 Å². The molecular weight excluding hydrogens is 140 g/mol. The van der Waals surface area contributed by atoms with Gasteiger partial charge in [0, 0.05) is 18.9 Å². The molecule has 1 aliphatic heterocycles. The summed E-state index contributed by atoms with van der Waals surface area (Å²) in [4.78, 5) is 11.3. The molecule has 11 heavy (non-hydrogen) atoms. The number of piperidine rings is 1. The Kier molecular flexibility index (Phi) is 3.52.